The Hall–Kier alpha value is 0.540. The van der Waals surface area contributed by atoms with E-state index in [1.54, 1.807) is 0 Å². The quantitative estimate of drug-likeness (QED) is 0.453. The third kappa shape index (κ3) is 0.938. The van der Waals surface area contributed by atoms with Crippen molar-refractivity contribution in [2.75, 3.05) is 0 Å². The lowest BCUT2D eigenvalue weighted by atomic mass is 9.74. The number of alkyl halides is 2. The summed E-state index contributed by atoms with van der Waals surface area (Å²) in [6.07, 6.45) is 4.15. The molecular weight excluding hydrogens is 228 g/mol. The molecule has 0 amide bonds. The summed E-state index contributed by atoms with van der Waals surface area (Å²) >= 11 is 18.9. The Morgan fingerprint density at radius 2 is 1.69 bits per heavy atom. The van der Waals surface area contributed by atoms with Gasteiger partial charge in [-0.2, -0.15) is 0 Å². The van der Waals surface area contributed by atoms with E-state index >= 15 is 0 Å². The van der Waals surface area contributed by atoms with Gasteiger partial charge in [-0.3, -0.25) is 4.99 Å². The van der Waals surface area contributed by atoms with Crippen LogP contribution in [0.25, 0.3) is 0 Å². The van der Waals surface area contributed by atoms with Crippen molar-refractivity contribution in [3.8, 4) is 0 Å². The van der Waals surface area contributed by atoms with Crippen molar-refractivity contribution in [3.05, 3.63) is 0 Å². The van der Waals surface area contributed by atoms with Gasteiger partial charge in [0.2, 0.25) is 0 Å². The first-order valence-corrected chi connectivity index (χ1v) is 5.82. The van der Waals surface area contributed by atoms with Gasteiger partial charge in [0.1, 0.15) is 10.2 Å². The molecule has 2 aliphatic heterocycles. The van der Waals surface area contributed by atoms with Crippen LogP contribution >= 0.6 is 34.8 Å². The van der Waals surface area contributed by atoms with E-state index in [4.69, 9.17) is 34.8 Å². The van der Waals surface area contributed by atoms with Crippen molar-refractivity contribution in [2.24, 2.45) is 16.8 Å². The molecule has 2 fully saturated rings. The molecule has 2 unspecified atom stereocenters. The second-order valence-electron chi connectivity index (χ2n) is 4.47. The summed E-state index contributed by atoms with van der Waals surface area (Å²) in [4.78, 5) is 3.63. The zero-order valence-electron chi connectivity index (χ0n) is 7.06. The van der Waals surface area contributed by atoms with Crippen molar-refractivity contribution in [3.63, 3.8) is 0 Å². The molecule has 0 spiro atoms. The SMILES string of the molecule is ClC1=NC2(Cl)C3CCC2CC1(Cl)C3. The van der Waals surface area contributed by atoms with Crippen LogP contribution < -0.4 is 0 Å². The molecule has 72 valence electrons. The average molecular weight is 239 g/mol. The van der Waals surface area contributed by atoms with E-state index in [-0.39, 0.29) is 4.87 Å². The smallest absolute Gasteiger partial charge is 0.141 e. The fourth-order valence-corrected chi connectivity index (χ4v) is 4.31. The molecule has 0 aromatic carbocycles. The maximum Gasteiger partial charge on any atom is 0.141 e. The summed E-state index contributed by atoms with van der Waals surface area (Å²) in [5, 5.41) is 0.540. The van der Waals surface area contributed by atoms with Gasteiger partial charge in [-0.15, -0.1) is 11.6 Å². The Kier molecular flexibility index (Phi) is 1.61. The molecule has 13 heavy (non-hydrogen) atoms. The Morgan fingerprint density at radius 3 is 2.23 bits per heavy atom. The van der Waals surface area contributed by atoms with Crippen LogP contribution in [0.1, 0.15) is 25.7 Å². The summed E-state index contributed by atoms with van der Waals surface area (Å²) < 4.78 is 0. The first kappa shape index (κ1) is 8.82. The van der Waals surface area contributed by atoms with Crippen molar-refractivity contribution in [1.82, 2.24) is 0 Å². The standard InChI is InChI=1S/C9H10Cl3N/c10-7-8(11)3-5-1-2-6(4-8)9(5,12)13-7/h5-6H,1-4H2. The summed E-state index contributed by atoms with van der Waals surface area (Å²) in [5.74, 6) is 0.904. The average Bonchev–Trinajstić information content (AvgIpc) is 2.30. The van der Waals surface area contributed by atoms with Crippen LogP contribution in [0.15, 0.2) is 4.99 Å². The van der Waals surface area contributed by atoms with Gasteiger partial charge >= 0.3 is 0 Å². The van der Waals surface area contributed by atoms with Gasteiger partial charge in [0.15, 0.2) is 0 Å². The van der Waals surface area contributed by atoms with Gasteiger partial charge in [-0.1, -0.05) is 23.2 Å². The van der Waals surface area contributed by atoms with E-state index in [1.807, 2.05) is 0 Å². The summed E-state index contributed by atoms with van der Waals surface area (Å²) in [6, 6.07) is 0. The van der Waals surface area contributed by atoms with Gasteiger partial charge < -0.3 is 0 Å². The summed E-state index contributed by atoms with van der Waals surface area (Å²) in [5.41, 5.74) is 0. The van der Waals surface area contributed by atoms with Crippen LogP contribution in [0.3, 0.4) is 0 Å². The molecule has 0 radical (unpaired) electrons. The van der Waals surface area contributed by atoms with Gasteiger partial charge in [0.25, 0.3) is 0 Å². The minimum atomic E-state index is -0.395. The monoisotopic (exact) mass is 237 g/mol. The van der Waals surface area contributed by atoms with Gasteiger partial charge in [-0.25, -0.2) is 0 Å². The lowest BCUT2D eigenvalue weighted by Gasteiger charge is -2.48. The van der Waals surface area contributed by atoms with Gasteiger partial charge in [0, 0.05) is 11.8 Å². The number of hydrogen-bond acceptors (Lipinski definition) is 1. The predicted octanol–water partition coefficient (Wildman–Crippen LogP) is 3.37. The van der Waals surface area contributed by atoms with Crippen molar-refractivity contribution in [1.29, 1.82) is 0 Å². The topological polar surface area (TPSA) is 12.4 Å². The molecule has 0 N–H and O–H groups in total. The summed E-state index contributed by atoms with van der Waals surface area (Å²) in [6.45, 7) is 0. The first-order chi connectivity index (χ1) is 6.05. The van der Waals surface area contributed by atoms with Crippen LogP contribution in [0, 0.1) is 11.8 Å². The number of hydrogen-bond donors (Lipinski definition) is 0. The van der Waals surface area contributed by atoms with Crippen LogP contribution in [0.4, 0.5) is 0 Å². The Morgan fingerprint density at radius 1 is 1.15 bits per heavy atom. The highest BCUT2D eigenvalue weighted by molar-refractivity contribution is 6.73. The minimum Gasteiger partial charge on any atom is -0.252 e. The van der Waals surface area contributed by atoms with Crippen LogP contribution in [-0.2, 0) is 0 Å². The molecule has 2 atom stereocenters. The fraction of sp³-hybridized carbons (Fsp3) is 0.889. The lowest BCUT2D eigenvalue weighted by molar-refractivity contribution is 0.229. The molecule has 4 heteroatoms. The molecular formula is C9H10Cl3N. The van der Waals surface area contributed by atoms with Crippen molar-refractivity contribution in [2.45, 2.75) is 35.6 Å². The van der Waals surface area contributed by atoms with Crippen LogP contribution in [-0.4, -0.2) is 15.0 Å². The zero-order chi connectivity index (χ0) is 9.27. The maximum absolute atomic E-state index is 6.49. The second-order valence-corrected chi connectivity index (χ2v) is 6.16. The third-order valence-electron chi connectivity index (χ3n) is 3.79. The molecule has 2 heterocycles. The van der Waals surface area contributed by atoms with Crippen molar-refractivity contribution < 1.29 is 0 Å². The Bertz CT molecular complexity index is 285. The number of halogens is 3. The third-order valence-corrected chi connectivity index (χ3v) is 5.52. The molecule has 4 aliphatic rings. The lowest BCUT2D eigenvalue weighted by Crippen LogP contribution is -2.53. The molecule has 1 nitrogen and oxygen atoms in total. The second kappa shape index (κ2) is 2.37. The molecule has 0 saturated heterocycles. The van der Waals surface area contributed by atoms with Crippen LogP contribution in [0.5, 0.6) is 0 Å². The van der Waals surface area contributed by atoms with Crippen molar-refractivity contribution >= 4 is 40.0 Å². The largest absolute Gasteiger partial charge is 0.252 e. The van der Waals surface area contributed by atoms with E-state index in [0.29, 0.717) is 17.0 Å². The molecule has 4 rings (SSSR count). The number of aliphatic imine (C=N–C) groups is 1. The fourth-order valence-electron chi connectivity index (χ4n) is 3.10. The molecule has 2 aliphatic carbocycles. The number of nitrogens with zero attached hydrogens (tertiary/aromatic N) is 1. The van der Waals surface area contributed by atoms with E-state index in [2.05, 4.69) is 4.99 Å². The Labute approximate surface area is 92.4 Å². The maximum atomic E-state index is 6.49. The normalized spacial score (nSPS) is 58.2. The van der Waals surface area contributed by atoms with E-state index in [1.165, 1.54) is 0 Å². The van der Waals surface area contributed by atoms with Crippen LogP contribution in [0.2, 0.25) is 0 Å². The Balaban J connectivity index is 2.17. The highest BCUT2D eigenvalue weighted by Gasteiger charge is 2.62. The van der Waals surface area contributed by atoms with Gasteiger partial charge in [-0.05, 0) is 25.7 Å². The summed E-state index contributed by atoms with van der Waals surface area (Å²) in [7, 11) is 0. The van der Waals surface area contributed by atoms with E-state index in [0.717, 1.165) is 25.7 Å². The highest BCUT2D eigenvalue weighted by atomic mass is 35.5. The highest BCUT2D eigenvalue weighted by Crippen LogP contribution is 2.62. The predicted molar refractivity (Wildman–Crippen MR) is 55.9 cm³/mol. The zero-order valence-corrected chi connectivity index (χ0v) is 9.33. The molecule has 4 bridgehead atoms. The minimum absolute atomic E-state index is 0.371. The first-order valence-electron chi connectivity index (χ1n) is 4.68. The molecule has 0 aromatic heterocycles. The van der Waals surface area contributed by atoms with E-state index < -0.39 is 5.00 Å². The molecule has 2 saturated carbocycles. The van der Waals surface area contributed by atoms with E-state index in [9.17, 15) is 0 Å². The molecule has 0 aromatic rings. The number of rotatable bonds is 0. The van der Waals surface area contributed by atoms with Gasteiger partial charge in [0.05, 0.1) is 4.87 Å².